The molecule has 0 aromatic heterocycles. The van der Waals surface area contributed by atoms with E-state index in [4.69, 9.17) is 4.74 Å². The molecule has 132 valence electrons. The fourth-order valence-corrected chi connectivity index (χ4v) is 3.20. The maximum Gasteiger partial charge on any atom is 0.134 e. The highest BCUT2D eigenvalue weighted by Gasteiger charge is 2.03. The summed E-state index contributed by atoms with van der Waals surface area (Å²) in [5, 5.41) is 0. The highest BCUT2D eigenvalue weighted by molar-refractivity contribution is 9.10. The molecule has 0 bridgehead atoms. The number of hydrogen-bond acceptors (Lipinski definition) is 2. The summed E-state index contributed by atoms with van der Waals surface area (Å²) >= 11 is 7.02. The minimum absolute atomic E-state index is 0.531. The number of aliphatic imine (C=N–C) groups is 1. The number of benzene rings is 3. The molecule has 0 unspecified atom stereocenters. The van der Waals surface area contributed by atoms with Crippen LogP contribution in [0.4, 0.5) is 5.69 Å². The number of ether oxygens (including phenoxy) is 1. The van der Waals surface area contributed by atoms with Crippen molar-refractivity contribution >= 4 is 43.8 Å². The predicted octanol–water partition coefficient (Wildman–Crippen LogP) is 7.10. The van der Waals surface area contributed by atoms with Gasteiger partial charge in [-0.2, -0.15) is 0 Å². The second-order valence-electron chi connectivity index (χ2n) is 5.88. The number of halogens is 2. The first kappa shape index (κ1) is 18.9. The molecule has 0 saturated heterocycles. The SMILES string of the molecule is CCc1ccc(N=Cc2ccc(OCc3ccc(Br)cc3)c(Br)c2)cc1. The third-order valence-electron chi connectivity index (χ3n) is 3.97. The van der Waals surface area contributed by atoms with E-state index in [1.165, 1.54) is 5.56 Å². The molecule has 0 aliphatic carbocycles. The molecule has 0 aliphatic rings. The second kappa shape index (κ2) is 9.15. The van der Waals surface area contributed by atoms with Gasteiger partial charge in [0.25, 0.3) is 0 Å². The van der Waals surface area contributed by atoms with Crippen LogP contribution in [0.15, 0.2) is 80.7 Å². The van der Waals surface area contributed by atoms with Gasteiger partial charge in [0.05, 0.1) is 10.2 Å². The Bertz CT molecular complexity index is 887. The number of hydrogen-bond donors (Lipinski definition) is 0. The summed E-state index contributed by atoms with van der Waals surface area (Å²) < 4.78 is 7.88. The van der Waals surface area contributed by atoms with Gasteiger partial charge in [0.15, 0.2) is 0 Å². The van der Waals surface area contributed by atoms with E-state index in [1.54, 1.807) is 0 Å². The van der Waals surface area contributed by atoms with Crippen molar-refractivity contribution in [1.29, 1.82) is 0 Å². The maximum atomic E-state index is 5.90. The number of aryl methyl sites for hydroxylation is 1. The van der Waals surface area contributed by atoms with Crippen molar-refractivity contribution in [2.24, 2.45) is 4.99 Å². The zero-order valence-electron chi connectivity index (χ0n) is 14.5. The minimum atomic E-state index is 0.531. The molecule has 3 rings (SSSR count). The van der Waals surface area contributed by atoms with E-state index in [0.717, 1.165) is 37.9 Å². The van der Waals surface area contributed by atoms with Crippen LogP contribution in [0, 0.1) is 0 Å². The standard InChI is InChI=1S/C22H19Br2NO/c1-2-16-5-10-20(11-6-16)25-14-18-7-12-22(21(24)13-18)26-15-17-3-8-19(23)9-4-17/h3-14H,2,15H2,1H3. The van der Waals surface area contributed by atoms with Crippen molar-refractivity contribution in [1.82, 2.24) is 0 Å². The molecule has 0 N–H and O–H groups in total. The molecule has 0 radical (unpaired) electrons. The van der Waals surface area contributed by atoms with Gasteiger partial charge < -0.3 is 4.74 Å². The first-order chi connectivity index (χ1) is 12.6. The monoisotopic (exact) mass is 471 g/mol. The maximum absolute atomic E-state index is 5.90. The fourth-order valence-electron chi connectivity index (χ4n) is 2.42. The largest absolute Gasteiger partial charge is 0.488 e. The average Bonchev–Trinajstić information content (AvgIpc) is 2.67. The van der Waals surface area contributed by atoms with Gasteiger partial charge in [-0.05, 0) is 81.5 Å². The van der Waals surface area contributed by atoms with Gasteiger partial charge in [-0.3, -0.25) is 4.99 Å². The normalized spacial score (nSPS) is 11.0. The van der Waals surface area contributed by atoms with Crippen LogP contribution in [-0.2, 0) is 13.0 Å². The lowest BCUT2D eigenvalue weighted by Crippen LogP contribution is -1.96. The highest BCUT2D eigenvalue weighted by atomic mass is 79.9. The highest BCUT2D eigenvalue weighted by Crippen LogP contribution is 2.27. The van der Waals surface area contributed by atoms with Crippen LogP contribution < -0.4 is 4.74 Å². The molecule has 3 aromatic carbocycles. The van der Waals surface area contributed by atoms with Crippen molar-refractivity contribution in [3.63, 3.8) is 0 Å². The molecule has 0 fully saturated rings. The second-order valence-corrected chi connectivity index (χ2v) is 7.65. The molecule has 0 atom stereocenters. The summed E-state index contributed by atoms with van der Waals surface area (Å²) in [4.78, 5) is 4.53. The minimum Gasteiger partial charge on any atom is -0.488 e. The molecule has 26 heavy (non-hydrogen) atoms. The lowest BCUT2D eigenvalue weighted by molar-refractivity contribution is 0.304. The molecule has 0 saturated carbocycles. The van der Waals surface area contributed by atoms with Crippen LogP contribution >= 0.6 is 31.9 Å². The molecule has 0 heterocycles. The first-order valence-corrected chi connectivity index (χ1v) is 10.0. The van der Waals surface area contributed by atoms with Crippen molar-refractivity contribution in [2.45, 2.75) is 20.0 Å². The summed E-state index contributed by atoms with van der Waals surface area (Å²) in [7, 11) is 0. The van der Waals surface area contributed by atoms with E-state index in [-0.39, 0.29) is 0 Å². The lowest BCUT2D eigenvalue weighted by Gasteiger charge is -2.09. The molecule has 2 nitrogen and oxygen atoms in total. The Kier molecular flexibility index (Phi) is 6.64. The Balaban J connectivity index is 1.64. The Morgan fingerprint density at radius 3 is 2.23 bits per heavy atom. The van der Waals surface area contributed by atoms with Crippen molar-refractivity contribution in [3.05, 3.63) is 92.4 Å². The molecular formula is C22H19Br2NO. The van der Waals surface area contributed by atoms with Crippen LogP contribution in [0.2, 0.25) is 0 Å². The average molecular weight is 473 g/mol. The quantitative estimate of drug-likeness (QED) is 0.350. The summed E-state index contributed by atoms with van der Waals surface area (Å²) in [6.45, 7) is 2.68. The van der Waals surface area contributed by atoms with Crippen molar-refractivity contribution in [3.8, 4) is 5.75 Å². The summed E-state index contributed by atoms with van der Waals surface area (Å²) in [6.07, 6.45) is 2.91. The van der Waals surface area contributed by atoms with Gasteiger partial charge in [0.1, 0.15) is 12.4 Å². The lowest BCUT2D eigenvalue weighted by atomic mass is 10.1. The Morgan fingerprint density at radius 1 is 0.885 bits per heavy atom. The van der Waals surface area contributed by atoms with Crippen LogP contribution in [0.25, 0.3) is 0 Å². The predicted molar refractivity (Wildman–Crippen MR) is 116 cm³/mol. The van der Waals surface area contributed by atoms with Crippen LogP contribution in [0.1, 0.15) is 23.6 Å². The molecular weight excluding hydrogens is 454 g/mol. The summed E-state index contributed by atoms with van der Waals surface area (Å²) in [5.41, 5.74) is 4.42. The van der Waals surface area contributed by atoms with Crippen molar-refractivity contribution < 1.29 is 4.74 Å². The Labute approximate surface area is 171 Å². The molecule has 3 aromatic rings. The third-order valence-corrected chi connectivity index (χ3v) is 5.12. The Hall–Kier alpha value is -1.91. The van der Waals surface area contributed by atoms with Gasteiger partial charge in [-0.25, -0.2) is 0 Å². The number of rotatable bonds is 6. The van der Waals surface area contributed by atoms with Gasteiger partial charge >= 0.3 is 0 Å². The van der Waals surface area contributed by atoms with Gasteiger partial charge in [0.2, 0.25) is 0 Å². The Morgan fingerprint density at radius 2 is 1.58 bits per heavy atom. The van der Waals surface area contributed by atoms with Crippen LogP contribution in [0.3, 0.4) is 0 Å². The van der Waals surface area contributed by atoms with Crippen LogP contribution in [-0.4, -0.2) is 6.21 Å². The molecule has 0 spiro atoms. The third kappa shape index (κ3) is 5.29. The van der Waals surface area contributed by atoms with E-state index in [1.807, 2.05) is 60.8 Å². The van der Waals surface area contributed by atoms with Crippen molar-refractivity contribution in [2.75, 3.05) is 0 Å². The first-order valence-electron chi connectivity index (χ1n) is 8.44. The van der Waals surface area contributed by atoms with E-state index in [0.29, 0.717) is 6.61 Å². The van der Waals surface area contributed by atoms with E-state index >= 15 is 0 Å². The fraction of sp³-hybridized carbons (Fsp3) is 0.136. The molecule has 4 heteroatoms. The smallest absolute Gasteiger partial charge is 0.134 e. The van der Waals surface area contributed by atoms with Crippen LogP contribution in [0.5, 0.6) is 5.75 Å². The van der Waals surface area contributed by atoms with Gasteiger partial charge in [0, 0.05) is 10.7 Å². The van der Waals surface area contributed by atoms with E-state index in [2.05, 4.69) is 55.9 Å². The van der Waals surface area contributed by atoms with E-state index in [9.17, 15) is 0 Å². The summed E-state index contributed by atoms with van der Waals surface area (Å²) in [5.74, 6) is 0.817. The number of nitrogens with zero attached hydrogens (tertiary/aromatic N) is 1. The zero-order chi connectivity index (χ0) is 18.4. The molecule has 0 aliphatic heterocycles. The topological polar surface area (TPSA) is 21.6 Å². The van der Waals surface area contributed by atoms with E-state index < -0.39 is 0 Å². The zero-order valence-corrected chi connectivity index (χ0v) is 17.6. The molecule has 0 amide bonds. The van der Waals surface area contributed by atoms with Gasteiger partial charge in [-0.15, -0.1) is 0 Å². The van der Waals surface area contributed by atoms with Gasteiger partial charge in [-0.1, -0.05) is 47.1 Å². The summed E-state index contributed by atoms with van der Waals surface area (Å²) in [6, 6.07) is 22.4.